The highest BCUT2D eigenvalue weighted by molar-refractivity contribution is 5.74. The van der Waals surface area contributed by atoms with Crippen LogP contribution in [0.5, 0.6) is 11.5 Å². The minimum atomic E-state index is -0.792. The number of likely N-dealkylation sites (tertiary alicyclic amines) is 1. The number of nitrogens with zero attached hydrogens (tertiary/aromatic N) is 4. The van der Waals surface area contributed by atoms with E-state index in [1.807, 2.05) is 54.6 Å². The van der Waals surface area contributed by atoms with E-state index >= 15 is 0 Å². The molecule has 1 saturated heterocycles. The molecule has 6 rings (SSSR count). The maximum atomic E-state index is 12.1. The first-order valence-corrected chi connectivity index (χ1v) is 15.4. The molecule has 8 nitrogen and oxygen atoms in total. The fourth-order valence-electron chi connectivity index (χ4n) is 6.54. The number of carboxylic acids is 1. The molecule has 1 N–H and O–H groups in total. The molecule has 3 aromatic carbocycles. The molecule has 0 spiro atoms. The summed E-state index contributed by atoms with van der Waals surface area (Å²) in [6.45, 7) is 1.61. The van der Waals surface area contributed by atoms with Gasteiger partial charge in [-0.1, -0.05) is 55.0 Å². The van der Waals surface area contributed by atoms with Crippen molar-refractivity contribution in [3.63, 3.8) is 0 Å². The molecule has 226 valence electrons. The van der Waals surface area contributed by atoms with Crippen LogP contribution >= 0.6 is 0 Å². The van der Waals surface area contributed by atoms with Gasteiger partial charge in [-0.25, -0.2) is 0 Å². The Morgan fingerprint density at radius 1 is 0.911 bits per heavy atom. The van der Waals surface area contributed by atoms with Gasteiger partial charge in [-0.05, 0) is 67.0 Å². The lowest BCUT2D eigenvalue weighted by molar-refractivity contribution is -0.144. The van der Waals surface area contributed by atoms with Crippen molar-refractivity contribution in [2.75, 3.05) is 6.54 Å². The van der Waals surface area contributed by atoms with Crippen molar-refractivity contribution < 1.29 is 19.4 Å². The topological polar surface area (TPSA) is 119 Å². The molecule has 0 radical (unpaired) electrons. The van der Waals surface area contributed by atoms with Gasteiger partial charge in [0, 0.05) is 41.7 Å². The molecular weight excluding hydrogens is 564 g/mol. The van der Waals surface area contributed by atoms with E-state index in [4.69, 9.17) is 9.47 Å². The van der Waals surface area contributed by atoms with Gasteiger partial charge < -0.3 is 14.6 Å². The average molecular weight is 599 g/mol. The van der Waals surface area contributed by atoms with Crippen LogP contribution in [0.15, 0.2) is 73.1 Å². The third-order valence-electron chi connectivity index (χ3n) is 8.75. The summed E-state index contributed by atoms with van der Waals surface area (Å²) >= 11 is 0. The Bertz CT molecular complexity index is 1790. The Kier molecular flexibility index (Phi) is 9.05. The summed E-state index contributed by atoms with van der Waals surface area (Å²) in [4.78, 5) is 18.4. The van der Waals surface area contributed by atoms with Crippen molar-refractivity contribution in [1.29, 1.82) is 10.5 Å². The first-order chi connectivity index (χ1) is 22.1. The number of carboxylic acid groups (broad SMARTS) is 1. The van der Waals surface area contributed by atoms with Gasteiger partial charge in [0.15, 0.2) is 0 Å². The Labute approximate surface area is 263 Å². The number of rotatable bonds is 10. The molecule has 1 atom stereocenters. The van der Waals surface area contributed by atoms with Crippen LogP contribution in [0.1, 0.15) is 64.6 Å². The van der Waals surface area contributed by atoms with E-state index in [1.54, 1.807) is 12.3 Å². The molecule has 1 unspecified atom stereocenters. The van der Waals surface area contributed by atoms with Crippen LogP contribution in [0, 0.1) is 22.7 Å². The van der Waals surface area contributed by atoms with Gasteiger partial charge in [-0.15, -0.1) is 0 Å². The minimum Gasteiger partial charge on any atom is -0.488 e. The number of piperidine rings is 1. The summed E-state index contributed by atoms with van der Waals surface area (Å²) in [6, 6.07) is 23.4. The lowest BCUT2D eigenvalue weighted by Crippen LogP contribution is -2.44. The Balaban J connectivity index is 1.34. The molecule has 2 aliphatic rings. The molecule has 1 aliphatic carbocycles. The van der Waals surface area contributed by atoms with E-state index < -0.39 is 12.0 Å². The standard InChI is InChI=1S/C37H34N4O4/c38-18-25-16-26(21-40-20-25)23-44-36-17-35(45-24-28-10-6-11-29(32(28)19-39)27-8-2-1-3-9-27)31-13-7-12-30(31)33(36)22-41-15-5-4-14-34(41)37(42)43/h1-3,6,8-11,16-17,20-21,34H,4-5,7,12-15,22-24H2,(H,42,43). The van der Waals surface area contributed by atoms with Gasteiger partial charge in [0.25, 0.3) is 0 Å². The van der Waals surface area contributed by atoms with Crippen molar-refractivity contribution in [3.8, 4) is 34.8 Å². The highest BCUT2D eigenvalue weighted by Gasteiger charge is 2.32. The fraction of sp³-hybridized carbons (Fsp3) is 0.297. The summed E-state index contributed by atoms with van der Waals surface area (Å²) in [5, 5.41) is 29.4. The number of pyridine rings is 1. The molecule has 1 aromatic heterocycles. The zero-order valence-electron chi connectivity index (χ0n) is 25.0. The van der Waals surface area contributed by atoms with Crippen molar-refractivity contribution in [1.82, 2.24) is 9.88 Å². The second-order valence-corrected chi connectivity index (χ2v) is 11.6. The van der Waals surface area contributed by atoms with Crippen LogP contribution in [0.25, 0.3) is 11.1 Å². The van der Waals surface area contributed by atoms with Crippen LogP contribution in [-0.2, 0) is 37.4 Å². The molecule has 4 aromatic rings. The molecule has 1 aliphatic heterocycles. The molecule has 45 heavy (non-hydrogen) atoms. The van der Waals surface area contributed by atoms with Crippen LogP contribution in [-0.4, -0.2) is 33.5 Å². The number of fused-ring (bicyclic) bond motifs is 1. The zero-order chi connectivity index (χ0) is 31.2. The predicted molar refractivity (Wildman–Crippen MR) is 168 cm³/mol. The quantitative estimate of drug-likeness (QED) is 0.217. The van der Waals surface area contributed by atoms with Crippen LogP contribution in [0.3, 0.4) is 0 Å². The fourth-order valence-corrected chi connectivity index (χ4v) is 6.54. The summed E-state index contributed by atoms with van der Waals surface area (Å²) in [6.07, 6.45) is 8.35. The van der Waals surface area contributed by atoms with E-state index in [2.05, 4.69) is 22.0 Å². The van der Waals surface area contributed by atoms with Crippen LogP contribution in [0.4, 0.5) is 0 Å². The smallest absolute Gasteiger partial charge is 0.320 e. The third-order valence-corrected chi connectivity index (χ3v) is 8.75. The van der Waals surface area contributed by atoms with Gasteiger partial charge in [0.1, 0.15) is 42.9 Å². The van der Waals surface area contributed by atoms with Crippen molar-refractivity contribution in [3.05, 3.63) is 112 Å². The van der Waals surface area contributed by atoms with Gasteiger partial charge >= 0.3 is 5.97 Å². The first-order valence-electron chi connectivity index (χ1n) is 15.4. The second-order valence-electron chi connectivity index (χ2n) is 11.6. The monoisotopic (exact) mass is 598 g/mol. The van der Waals surface area contributed by atoms with Crippen molar-refractivity contribution in [2.45, 2.75) is 64.3 Å². The van der Waals surface area contributed by atoms with E-state index in [1.165, 1.54) is 6.20 Å². The minimum absolute atomic E-state index is 0.202. The average Bonchev–Trinajstić information content (AvgIpc) is 3.58. The zero-order valence-corrected chi connectivity index (χ0v) is 25.0. The van der Waals surface area contributed by atoms with Crippen LogP contribution < -0.4 is 9.47 Å². The number of hydrogen-bond donors (Lipinski definition) is 1. The number of nitriles is 2. The Hall–Kier alpha value is -5.18. The van der Waals surface area contributed by atoms with Gasteiger partial charge in [-0.3, -0.25) is 14.7 Å². The summed E-state index contributed by atoms with van der Waals surface area (Å²) in [5.74, 6) is 0.563. The molecule has 8 heteroatoms. The lowest BCUT2D eigenvalue weighted by atomic mass is 9.96. The highest BCUT2D eigenvalue weighted by Crippen LogP contribution is 2.41. The number of aliphatic carboxylic acids is 1. The Morgan fingerprint density at radius 3 is 2.53 bits per heavy atom. The van der Waals surface area contributed by atoms with Gasteiger partial charge in [-0.2, -0.15) is 10.5 Å². The molecule has 0 amide bonds. The number of hydrogen-bond acceptors (Lipinski definition) is 7. The number of aromatic nitrogens is 1. The highest BCUT2D eigenvalue weighted by atomic mass is 16.5. The Morgan fingerprint density at radius 2 is 1.73 bits per heavy atom. The largest absolute Gasteiger partial charge is 0.488 e. The lowest BCUT2D eigenvalue weighted by Gasteiger charge is -2.34. The second kappa shape index (κ2) is 13.6. The maximum absolute atomic E-state index is 12.1. The van der Waals surface area contributed by atoms with Gasteiger partial charge in [0.05, 0.1) is 11.1 Å². The first kappa shape index (κ1) is 29.9. The molecule has 0 saturated carbocycles. The normalized spacial score (nSPS) is 15.9. The molecular formula is C37H34N4O4. The summed E-state index contributed by atoms with van der Waals surface area (Å²) in [7, 11) is 0. The van der Waals surface area contributed by atoms with Crippen molar-refractivity contribution >= 4 is 5.97 Å². The number of carbonyl (C=O) groups is 1. The SMILES string of the molecule is N#Cc1cncc(COc2cc(OCc3cccc(-c4ccccc4)c3C#N)c3c(c2CN2CCCCC2C(=O)O)CCC3)c1. The molecule has 0 bridgehead atoms. The number of benzene rings is 3. The molecule has 2 heterocycles. The van der Waals surface area contributed by atoms with E-state index in [-0.39, 0.29) is 13.2 Å². The predicted octanol–water partition coefficient (Wildman–Crippen LogP) is 6.58. The molecule has 1 fully saturated rings. The van der Waals surface area contributed by atoms with Crippen LogP contribution in [0.2, 0.25) is 0 Å². The van der Waals surface area contributed by atoms with Crippen molar-refractivity contribution in [2.24, 2.45) is 0 Å². The summed E-state index contributed by atoms with van der Waals surface area (Å²) in [5.41, 5.74) is 7.72. The summed E-state index contributed by atoms with van der Waals surface area (Å²) < 4.78 is 13.0. The third kappa shape index (κ3) is 6.52. The van der Waals surface area contributed by atoms with E-state index in [9.17, 15) is 20.4 Å². The maximum Gasteiger partial charge on any atom is 0.320 e. The van der Waals surface area contributed by atoms with E-state index in [0.717, 1.165) is 71.0 Å². The van der Waals surface area contributed by atoms with Gasteiger partial charge in [0.2, 0.25) is 0 Å². The van der Waals surface area contributed by atoms with E-state index in [0.29, 0.717) is 42.1 Å². The number of ether oxygens (including phenoxy) is 2.